The Morgan fingerprint density at radius 2 is 2.11 bits per heavy atom. The van der Waals surface area contributed by atoms with Gasteiger partial charge in [0.05, 0.1) is 23.3 Å². The standard InChI is InChI=1S/C13H22N2O3S/c1-8(2)18-11-10(14)12(9(3)16)19-13(11)15(4)6-7-17-5/h8H,6-7,14H2,1-5H3. The van der Waals surface area contributed by atoms with Gasteiger partial charge in [-0.25, -0.2) is 0 Å². The first-order valence-corrected chi connectivity index (χ1v) is 7.00. The molecule has 1 rings (SSSR count). The average molecular weight is 286 g/mol. The SMILES string of the molecule is COCCN(C)c1sc(C(C)=O)c(N)c1OC(C)C. The van der Waals surface area contributed by atoms with Crippen LogP contribution >= 0.6 is 11.3 Å². The van der Waals surface area contributed by atoms with Crippen LogP contribution in [0, 0.1) is 0 Å². The number of carbonyl (C=O) groups excluding carboxylic acids is 1. The molecule has 0 aliphatic rings. The molecule has 0 aromatic carbocycles. The molecule has 5 nitrogen and oxygen atoms in total. The lowest BCUT2D eigenvalue weighted by Crippen LogP contribution is -2.22. The van der Waals surface area contributed by atoms with Gasteiger partial charge in [-0.1, -0.05) is 0 Å². The van der Waals surface area contributed by atoms with Crippen molar-refractivity contribution in [3.05, 3.63) is 4.88 Å². The summed E-state index contributed by atoms with van der Waals surface area (Å²) in [5, 5.41) is 0.869. The number of hydrogen-bond acceptors (Lipinski definition) is 6. The number of anilines is 2. The van der Waals surface area contributed by atoms with Gasteiger partial charge in [0.2, 0.25) is 0 Å². The summed E-state index contributed by atoms with van der Waals surface area (Å²) < 4.78 is 10.8. The summed E-state index contributed by atoms with van der Waals surface area (Å²) in [5.41, 5.74) is 6.46. The van der Waals surface area contributed by atoms with E-state index in [9.17, 15) is 4.79 Å². The molecular weight excluding hydrogens is 264 g/mol. The van der Waals surface area contributed by atoms with Crippen molar-refractivity contribution >= 4 is 27.8 Å². The highest BCUT2D eigenvalue weighted by molar-refractivity contribution is 7.19. The fourth-order valence-electron chi connectivity index (χ4n) is 1.61. The molecule has 0 saturated carbocycles. The molecule has 0 unspecified atom stereocenters. The monoisotopic (exact) mass is 286 g/mol. The first kappa shape index (κ1) is 15.8. The molecule has 0 radical (unpaired) electrons. The minimum Gasteiger partial charge on any atom is -0.486 e. The summed E-state index contributed by atoms with van der Waals surface area (Å²) in [7, 11) is 3.59. The number of ether oxygens (including phenoxy) is 2. The van der Waals surface area contributed by atoms with Crippen LogP contribution in [0.25, 0.3) is 0 Å². The van der Waals surface area contributed by atoms with E-state index < -0.39 is 0 Å². The lowest BCUT2D eigenvalue weighted by molar-refractivity contribution is 0.102. The largest absolute Gasteiger partial charge is 0.486 e. The maximum Gasteiger partial charge on any atom is 0.177 e. The average Bonchev–Trinajstić information content (AvgIpc) is 2.64. The normalized spacial score (nSPS) is 10.8. The minimum absolute atomic E-state index is 0.00582. The van der Waals surface area contributed by atoms with Crippen molar-refractivity contribution in [3.63, 3.8) is 0 Å². The number of ketones is 1. The van der Waals surface area contributed by atoms with Gasteiger partial charge in [0.25, 0.3) is 0 Å². The minimum atomic E-state index is -0.0394. The zero-order valence-corrected chi connectivity index (χ0v) is 13.0. The number of thiophene rings is 1. The van der Waals surface area contributed by atoms with Crippen molar-refractivity contribution in [2.45, 2.75) is 26.9 Å². The van der Waals surface area contributed by atoms with Gasteiger partial charge in [-0.2, -0.15) is 0 Å². The van der Waals surface area contributed by atoms with E-state index >= 15 is 0 Å². The number of likely N-dealkylation sites (N-methyl/N-ethyl adjacent to an activating group) is 1. The zero-order valence-electron chi connectivity index (χ0n) is 12.1. The summed E-state index contributed by atoms with van der Waals surface area (Å²) in [6.45, 7) is 6.69. The van der Waals surface area contributed by atoms with Gasteiger partial charge in [-0.05, 0) is 13.8 Å². The van der Waals surface area contributed by atoms with E-state index in [-0.39, 0.29) is 11.9 Å². The Balaban J connectivity index is 3.12. The van der Waals surface area contributed by atoms with Crippen molar-refractivity contribution < 1.29 is 14.3 Å². The first-order chi connectivity index (χ1) is 8.88. The molecule has 6 heteroatoms. The molecule has 1 aromatic rings. The fraction of sp³-hybridized carbons (Fsp3) is 0.615. The van der Waals surface area contributed by atoms with Crippen molar-refractivity contribution in [3.8, 4) is 5.75 Å². The van der Waals surface area contributed by atoms with Gasteiger partial charge in [0.15, 0.2) is 11.5 Å². The van der Waals surface area contributed by atoms with Crippen LogP contribution in [0.4, 0.5) is 10.7 Å². The second-order valence-electron chi connectivity index (χ2n) is 4.62. The molecular formula is C13H22N2O3S. The molecule has 0 bridgehead atoms. The van der Waals surface area contributed by atoms with E-state index in [1.165, 1.54) is 18.3 Å². The third kappa shape index (κ3) is 3.84. The molecule has 0 aliphatic heterocycles. The van der Waals surface area contributed by atoms with E-state index in [1.807, 2.05) is 25.8 Å². The summed E-state index contributed by atoms with van der Waals surface area (Å²) in [5.74, 6) is 0.561. The number of nitrogen functional groups attached to an aromatic ring is 1. The van der Waals surface area contributed by atoms with E-state index in [4.69, 9.17) is 15.2 Å². The molecule has 0 amide bonds. The van der Waals surface area contributed by atoms with E-state index in [0.29, 0.717) is 29.5 Å². The van der Waals surface area contributed by atoms with Gasteiger partial charge in [0.1, 0.15) is 5.00 Å². The van der Waals surface area contributed by atoms with Crippen LogP contribution in [-0.4, -0.2) is 39.2 Å². The Morgan fingerprint density at radius 3 is 2.58 bits per heavy atom. The van der Waals surface area contributed by atoms with E-state index in [1.54, 1.807) is 7.11 Å². The van der Waals surface area contributed by atoms with Crippen LogP contribution in [-0.2, 0) is 4.74 Å². The quantitative estimate of drug-likeness (QED) is 0.780. The number of nitrogens with two attached hydrogens (primary N) is 1. The Bertz CT molecular complexity index is 443. The third-order valence-corrected chi connectivity index (χ3v) is 3.93. The molecule has 0 saturated heterocycles. The smallest absolute Gasteiger partial charge is 0.177 e. The van der Waals surface area contributed by atoms with Crippen molar-refractivity contribution in [1.29, 1.82) is 0 Å². The van der Waals surface area contributed by atoms with Gasteiger partial charge in [-0.15, -0.1) is 11.3 Å². The molecule has 2 N–H and O–H groups in total. The van der Waals surface area contributed by atoms with Crippen LogP contribution < -0.4 is 15.4 Å². The zero-order chi connectivity index (χ0) is 14.6. The Morgan fingerprint density at radius 1 is 1.47 bits per heavy atom. The van der Waals surface area contributed by atoms with Crippen LogP contribution in [0.15, 0.2) is 0 Å². The topological polar surface area (TPSA) is 64.8 Å². The lowest BCUT2D eigenvalue weighted by atomic mass is 10.3. The van der Waals surface area contributed by atoms with Crippen molar-refractivity contribution in [2.24, 2.45) is 0 Å². The summed E-state index contributed by atoms with van der Waals surface area (Å²) in [6, 6.07) is 0. The van der Waals surface area contributed by atoms with Gasteiger partial charge >= 0.3 is 0 Å². The Hall–Kier alpha value is -1.27. The molecule has 0 fully saturated rings. The van der Waals surface area contributed by atoms with E-state index in [0.717, 1.165) is 5.00 Å². The Labute approximate surface area is 118 Å². The highest BCUT2D eigenvalue weighted by Gasteiger charge is 2.23. The first-order valence-electron chi connectivity index (χ1n) is 6.18. The maximum absolute atomic E-state index is 11.6. The summed E-state index contributed by atoms with van der Waals surface area (Å²) >= 11 is 1.37. The van der Waals surface area contributed by atoms with Crippen LogP contribution in [0.2, 0.25) is 0 Å². The second-order valence-corrected chi connectivity index (χ2v) is 5.62. The molecule has 0 atom stereocenters. The molecule has 0 spiro atoms. The number of hydrogen-bond donors (Lipinski definition) is 1. The highest BCUT2D eigenvalue weighted by Crippen LogP contribution is 2.45. The van der Waals surface area contributed by atoms with Crippen LogP contribution in [0.1, 0.15) is 30.4 Å². The van der Waals surface area contributed by atoms with Crippen molar-refractivity contribution in [1.82, 2.24) is 0 Å². The van der Waals surface area contributed by atoms with Gasteiger partial charge in [0, 0.05) is 27.6 Å². The lowest BCUT2D eigenvalue weighted by Gasteiger charge is -2.20. The number of carbonyl (C=O) groups is 1. The predicted octanol–water partition coefficient (Wildman–Crippen LogP) is 2.40. The molecule has 1 heterocycles. The molecule has 0 aliphatic carbocycles. The number of rotatable bonds is 7. The van der Waals surface area contributed by atoms with E-state index in [2.05, 4.69) is 0 Å². The number of methoxy groups -OCH3 is 1. The molecule has 19 heavy (non-hydrogen) atoms. The highest BCUT2D eigenvalue weighted by atomic mass is 32.1. The Kier molecular flexibility index (Phi) is 5.62. The third-order valence-electron chi connectivity index (χ3n) is 2.53. The van der Waals surface area contributed by atoms with Gasteiger partial charge in [-0.3, -0.25) is 4.79 Å². The number of Topliss-reactive ketones (excluding diaryl/α,β-unsaturated/α-hetero) is 1. The summed E-state index contributed by atoms with van der Waals surface area (Å²) in [6.07, 6.45) is 0.00582. The second kappa shape index (κ2) is 6.77. The molecule has 108 valence electrons. The van der Waals surface area contributed by atoms with Crippen LogP contribution in [0.5, 0.6) is 5.75 Å². The van der Waals surface area contributed by atoms with Crippen LogP contribution in [0.3, 0.4) is 0 Å². The maximum atomic E-state index is 11.6. The molecule has 1 aromatic heterocycles. The number of nitrogens with zero attached hydrogens (tertiary/aromatic N) is 1. The summed E-state index contributed by atoms with van der Waals surface area (Å²) in [4.78, 5) is 14.1. The van der Waals surface area contributed by atoms with Crippen molar-refractivity contribution in [2.75, 3.05) is 37.9 Å². The van der Waals surface area contributed by atoms with Gasteiger partial charge < -0.3 is 20.1 Å². The predicted molar refractivity (Wildman–Crippen MR) is 79.6 cm³/mol. The fourth-order valence-corrected chi connectivity index (χ4v) is 2.65.